The Balaban J connectivity index is 1.72. The fourth-order valence-corrected chi connectivity index (χ4v) is 3.31. The molecule has 2 aromatic carbocycles. The quantitative estimate of drug-likeness (QED) is 0.496. The van der Waals surface area contributed by atoms with E-state index in [-0.39, 0.29) is 5.56 Å². The normalized spacial score (nSPS) is 11.6. The van der Waals surface area contributed by atoms with Gasteiger partial charge in [-0.25, -0.2) is 8.78 Å². The predicted molar refractivity (Wildman–Crippen MR) is 114 cm³/mol. The van der Waals surface area contributed by atoms with Crippen LogP contribution in [0.25, 0.3) is 27.8 Å². The van der Waals surface area contributed by atoms with Crippen molar-refractivity contribution in [2.45, 2.75) is 0 Å². The van der Waals surface area contributed by atoms with Gasteiger partial charge in [0.15, 0.2) is 0 Å². The number of nitrogens with zero attached hydrogens (tertiary/aromatic N) is 3. The summed E-state index contributed by atoms with van der Waals surface area (Å²) in [5.74, 6) is -1.30. The molecule has 2 heterocycles. The van der Waals surface area contributed by atoms with Gasteiger partial charge in [-0.3, -0.25) is 9.67 Å². The van der Waals surface area contributed by atoms with Crippen LogP contribution in [-0.2, 0) is 7.05 Å². The van der Waals surface area contributed by atoms with Crippen LogP contribution < -0.4 is 11.5 Å². The van der Waals surface area contributed by atoms with Crippen LogP contribution in [0.1, 0.15) is 11.3 Å². The Morgan fingerprint density at radius 3 is 2.43 bits per heavy atom. The smallest absolute Gasteiger partial charge is 0.133 e. The Hall–Kier alpha value is -4.00. The zero-order valence-electron chi connectivity index (χ0n) is 16.2. The minimum Gasteiger partial charge on any atom is -0.404 e. The van der Waals surface area contributed by atoms with Crippen molar-refractivity contribution in [1.82, 2.24) is 14.8 Å². The number of nitrogens with two attached hydrogens (primary N) is 2. The van der Waals surface area contributed by atoms with E-state index in [9.17, 15) is 8.78 Å². The summed E-state index contributed by atoms with van der Waals surface area (Å²) in [6.07, 6.45) is 6.84. The van der Waals surface area contributed by atoms with Crippen LogP contribution in [-0.4, -0.2) is 14.8 Å². The molecule has 0 bridgehead atoms. The van der Waals surface area contributed by atoms with Gasteiger partial charge >= 0.3 is 0 Å². The molecule has 0 unspecified atom stereocenters. The van der Waals surface area contributed by atoms with Gasteiger partial charge in [0.2, 0.25) is 0 Å². The third kappa shape index (κ3) is 3.77. The van der Waals surface area contributed by atoms with Gasteiger partial charge in [0.25, 0.3) is 0 Å². The third-order valence-corrected chi connectivity index (χ3v) is 4.75. The average molecular weight is 403 g/mol. The number of anilines is 1. The molecule has 0 aliphatic carbocycles. The van der Waals surface area contributed by atoms with Crippen LogP contribution in [0.3, 0.4) is 0 Å². The van der Waals surface area contributed by atoms with E-state index in [1.807, 2.05) is 25.4 Å². The van der Waals surface area contributed by atoms with Gasteiger partial charge in [0.05, 0.1) is 11.9 Å². The lowest BCUT2D eigenvalue weighted by Gasteiger charge is -2.12. The molecule has 0 aliphatic heterocycles. The lowest BCUT2D eigenvalue weighted by molar-refractivity contribution is 0.585. The van der Waals surface area contributed by atoms with Gasteiger partial charge in [0.1, 0.15) is 11.6 Å². The number of hydrogen-bond donors (Lipinski definition) is 2. The van der Waals surface area contributed by atoms with E-state index in [0.29, 0.717) is 28.1 Å². The highest BCUT2D eigenvalue weighted by atomic mass is 19.1. The van der Waals surface area contributed by atoms with Crippen LogP contribution in [0.2, 0.25) is 0 Å². The first-order valence-electron chi connectivity index (χ1n) is 9.18. The number of pyridine rings is 1. The second-order valence-corrected chi connectivity index (χ2v) is 6.88. The maximum absolute atomic E-state index is 14.3. The van der Waals surface area contributed by atoms with Gasteiger partial charge in [-0.15, -0.1) is 0 Å². The molecule has 0 amide bonds. The highest BCUT2D eigenvalue weighted by Crippen LogP contribution is 2.31. The summed E-state index contributed by atoms with van der Waals surface area (Å²) in [6.45, 7) is 0. The maximum atomic E-state index is 14.3. The highest BCUT2D eigenvalue weighted by molar-refractivity contribution is 5.83. The molecule has 2 aromatic heterocycles. The molecule has 30 heavy (non-hydrogen) atoms. The topological polar surface area (TPSA) is 82.8 Å². The molecule has 150 valence electrons. The van der Waals surface area contributed by atoms with Crippen LogP contribution in [0.15, 0.2) is 73.3 Å². The minimum absolute atomic E-state index is 0.251. The first kappa shape index (κ1) is 19.3. The lowest BCUT2D eigenvalue weighted by atomic mass is 9.96. The van der Waals surface area contributed by atoms with Crippen LogP contribution >= 0.6 is 0 Å². The fraction of sp³-hybridized carbons (Fsp3) is 0.0435. The van der Waals surface area contributed by atoms with Crippen molar-refractivity contribution < 1.29 is 8.78 Å². The number of aromatic nitrogens is 3. The fourth-order valence-electron chi connectivity index (χ4n) is 3.31. The zero-order valence-corrected chi connectivity index (χ0v) is 16.2. The van der Waals surface area contributed by atoms with Crippen LogP contribution in [0.5, 0.6) is 0 Å². The molecular weight excluding hydrogens is 384 g/mol. The molecule has 7 heteroatoms. The number of nitrogen functional groups attached to an aromatic ring is 1. The van der Waals surface area contributed by atoms with E-state index >= 15 is 0 Å². The van der Waals surface area contributed by atoms with Crippen molar-refractivity contribution in [1.29, 1.82) is 0 Å². The number of aryl methyl sites for hydroxylation is 1. The van der Waals surface area contributed by atoms with E-state index in [0.717, 1.165) is 17.2 Å². The Kier molecular flexibility index (Phi) is 5.02. The Morgan fingerprint density at radius 1 is 0.967 bits per heavy atom. The van der Waals surface area contributed by atoms with Crippen molar-refractivity contribution in [3.8, 4) is 22.3 Å². The molecular formula is C23H19F2N5. The summed E-state index contributed by atoms with van der Waals surface area (Å²) >= 11 is 0. The van der Waals surface area contributed by atoms with Gasteiger partial charge in [0, 0.05) is 59.7 Å². The Labute approximate surface area is 172 Å². The van der Waals surface area contributed by atoms with Crippen molar-refractivity contribution >= 4 is 11.3 Å². The van der Waals surface area contributed by atoms with E-state index in [1.165, 1.54) is 18.3 Å². The summed E-state index contributed by atoms with van der Waals surface area (Å²) in [5.41, 5.74) is 17.0. The van der Waals surface area contributed by atoms with E-state index in [1.54, 1.807) is 35.3 Å². The van der Waals surface area contributed by atoms with Crippen molar-refractivity contribution in [3.63, 3.8) is 0 Å². The molecule has 4 aromatic rings. The van der Waals surface area contributed by atoms with Gasteiger partial charge in [-0.1, -0.05) is 6.07 Å². The minimum atomic E-state index is -0.663. The van der Waals surface area contributed by atoms with E-state index in [4.69, 9.17) is 11.5 Å². The number of halogens is 2. The number of benzene rings is 2. The SMILES string of the molecule is Cn1cc(-c2ccc(C(=CN)c3cc(N)cc(-c4ccc(F)cc4F)c3)nc2)cn1. The highest BCUT2D eigenvalue weighted by Gasteiger charge is 2.13. The molecule has 0 saturated carbocycles. The molecule has 4 N–H and O–H groups in total. The molecule has 0 spiro atoms. The van der Waals surface area contributed by atoms with Gasteiger partial charge in [-0.05, 0) is 47.5 Å². The zero-order chi connectivity index (χ0) is 21.3. The summed E-state index contributed by atoms with van der Waals surface area (Å²) in [7, 11) is 1.85. The van der Waals surface area contributed by atoms with Crippen molar-refractivity contribution in [3.05, 3.63) is 96.2 Å². The molecule has 0 aliphatic rings. The monoisotopic (exact) mass is 403 g/mol. The third-order valence-electron chi connectivity index (χ3n) is 4.75. The summed E-state index contributed by atoms with van der Waals surface area (Å²) in [6, 6.07) is 12.3. The van der Waals surface area contributed by atoms with Crippen LogP contribution in [0.4, 0.5) is 14.5 Å². The molecule has 0 fully saturated rings. The largest absolute Gasteiger partial charge is 0.404 e. The molecule has 0 atom stereocenters. The molecule has 5 nitrogen and oxygen atoms in total. The van der Waals surface area contributed by atoms with Crippen LogP contribution in [0, 0.1) is 11.6 Å². The van der Waals surface area contributed by atoms with E-state index < -0.39 is 11.6 Å². The first-order chi connectivity index (χ1) is 14.4. The van der Waals surface area contributed by atoms with Gasteiger partial charge in [-0.2, -0.15) is 5.10 Å². The number of hydrogen-bond acceptors (Lipinski definition) is 4. The molecule has 4 rings (SSSR count). The Morgan fingerprint density at radius 2 is 1.80 bits per heavy atom. The maximum Gasteiger partial charge on any atom is 0.133 e. The van der Waals surface area contributed by atoms with Gasteiger partial charge < -0.3 is 11.5 Å². The molecule has 0 radical (unpaired) electrons. The van der Waals surface area contributed by atoms with E-state index in [2.05, 4.69) is 10.1 Å². The van der Waals surface area contributed by atoms with Crippen molar-refractivity contribution in [2.24, 2.45) is 12.8 Å². The lowest BCUT2D eigenvalue weighted by Crippen LogP contribution is -1.98. The summed E-state index contributed by atoms with van der Waals surface area (Å²) < 4.78 is 29.3. The molecule has 0 saturated heterocycles. The predicted octanol–water partition coefficient (Wildman–Crippen LogP) is 4.36. The first-order valence-corrected chi connectivity index (χ1v) is 9.18. The standard InChI is InChI=1S/C23H19F2N5/c1-30-13-17(12-29-30)14-2-5-23(28-11-14)21(10-26)16-6-15(7-19(27)8-16)20-4-3-18(24)9-22(20)25/h2-13H,26-27H2,1H3. The Bertz CT molecular complexity index is 1240. The summed E-state index contributed by atoms with van der Waals surface area (Å²) in [5, 5.41) is 4.16. The second-order valence-electron chi connectivity index (χ2n) is 6.88. The van der Waals surface area contributed by atoms with Crippen molar-refractivity contribution in [2.75, 3.05) is 5.73 Å². The second kappa shape index (κ2) is 7.79. The average Bonchev–Trinajstić information content (AvgIpc) is 3.15. The summed E-state index contributed by atoms with van der Waals surface area (Å²) in [4.78, 5) is 4.52. The number of rotatable bonds is 4.